The molecular weight excluding hydrogens is 596 g/mol. The van der Waals surface area contributed by atoms with Crippen molar-refractivity contribution in [3.8, 4) is 22.4 Å². The molecule has 0 saturated carbocycles. The van der Waals surface area contributed by atoms with Crippen LogP contribution in [0.4, 0.5) is 13.2 Å². The molecular formula is C33H27Cl2F3N4O. The van der Waals surface area contributed by atoms with Gasteiger partial charge in [0.25, 0.3) is 5.91 Å². The van der Waals surface area contributed by atoms with E-state index in [4.69, 9.17) is 28.2 Å². The van der Waals surface area contributed by atoms with Gasteiger partial charge in [-0.25, -0.2) is 4.98 Å². The Bertz CT molecular complexity index is 1790. The molecule has 5 aromatic rings. The maximum atomic E-state index is 13.0. The Labute approximate surface area is 257 Å². The fourth-order valence-corrected chi connectivity index (χ4v) is 5.85. The lowest BCUT2D eigenvalue weighted by atomic mass is 10.0. The number of nitrogens with zero attached hydrogens (tertiary/aromatic N) is 4. The Morgan fingerprint density at radius 1 is 0.837 bits per heavy atom. The molecule has 0 N–H and O–H groups in total. The quantitative estimate of drug-likeness (QED) is 0.198. The second kappa shape index (κ2) is 11.7. The minimum absolute atomic E-state index is 0.248. The summed E-state index contributed by atoms with van der Waals surface area (Å²) in [7, 11) is 0. The lowest BCUT2D eigenvalue weighted by molar-refractivity contribution is -0.137. The number of imidazole rings is 1. The third kappa shape index (κ3) is 6.13. The summed E-state index contributed by atoms with van der Waals surface area (Å²) in [6.45, 7) is 4.75. The average Bonchev–Trinajstić information content (AvgIpc) is 3.34. The maximum absolute atomic E-state index is 13.0. The summed E-state index contributed by atoms with van der Waals surface area (Å²) in [5.41, 5.74) is 6.28. The first-order valence-corrected chi connectivity index (χ1v) is 14.5. The second-order valence-corrected chi connectivity index (χ2v) is 11.5. The van der Waals surface area contributed by atoms with Crippen LogP contribution in [-0.2, 0) is 12.7 Å². The highest BCUT2D eigenvalue weighted by atomic mass is 35.5. The third-order valence-corrected chi connectivity index (χ3v) is 8.31. The van der Waals surface area contributed by atoms with E-state index < -0.39 is 11.7 Å². The Hall–Kier alpha value is -3.85. The van der Waals surface area contributed by atoms with Gasteiger partial charge in [0, 0.05) is 60.1 Å². The number of rotatable bonds is 5. The molecule has 10 heteroatoms. The van der Waals surface area contributed by atoms with Gasteiger partial charge in [0.05, 0.1) is 17.0 Å². The minimum Gasteiger partial charge on any atom is -0.336 e. The molecule has 0 aliphatic carbocycles. The van der Waals surface area contributed by atoms with Crippen LogP contribution in [0.5, 0.6) is 0 Å². The first-order valence-electron chi connectivity index (χ1n) is 13.8. The van der Waals surface area contributed by atoms with Crippen molar-refractivity contribution in [1.29, 1.82) is 0 Å². The Morgan fingerprint density at radius 3 is 2.14 bits per heavy atom. The summed E-state index contributed by atoms with van der Waals surface area (Å²) in [5, 5.41) is 1.33. The highest BCUT2D eigenvalue weighted by Crippen LogP contribution is 2.32. The summed E-state index contributed by atoms with van der Waals surface area (Å²) in [4.78, 5) is 22.0. The first-order chi connectivity index (χ1) is 20.6. The van der Waals surface area contributed by atoms with Crippen molar-refractivity contribution >= 4 is 34.8 Å². The zero-order valence-corrected chi connectivity index (χ0v) is 24.7. The molecule has 0 unspecified atom stereocenters. The number of aromatic nitrogens is 2. The van der Waals surface area contributed by atoms with Crippen LogP contribution < -0.4 is 0 Å². The number of benzene rings is 3. The number of hydrogen-bond acceptors (Lipinski definition) is 3. The van der Waals surface area contributed by atoms with E-state index in [1.165, 1.54) is 12.1 Å². The number of amides is 1. The van der Waals surface area contributed by atoms with Crippen LogP contribution in [0, 0.1) is 6.92 Å². The lowest BCUT2D eigenvalue weighted by Gasteiger charge is -2.34. The summed E-state index contributed by atoms with van der Waals surface area (Å²) >= 11 is 12.4. The Kier molecular flexibility index (Phi) is 7.94. The van der Waals surface area contributed by atoms with E-state index in [-0.39, 0.29) is 11.5 Å². The molecule has 0 radical (unpaired) electrons. The van der Waals surface area contributed by atoms with Gasteiger partial charge in [0.1, 0.15) is 5.65 Å². The van der Waals surface area contributed by atoms with Gasteiger partial charge in [0.15, 0.2) is 0 Å². The van der Waals surface area contributed by atoms with Gasteiger partial charge in [0.2, 0.25) is 0 Å². The SMILES string of the molecule is Cc1cc(Cl)ccc1-c1ccc2nc(-c3ccc(Cl)cc3)c(CN3CCN(C(=O)c4ccc(C(F)(F)F)cc4)CC3)n2c1. The number of piperazine rings is 1. The van der Waals surface area contributed by atoms with Crippen LogP contribution in [0.25, 0.3) is 28.0 Å². The number of carbonyl (C=O) groups excluding carboxylic acids is 1. The lowest BCUT2D eigenvalue weighted by Crippen LogP contribution is -2.48. The van der Waals surface area contributed by atoms with Crippen LogP contribution >= 0.6 is 23.2 Å². The van der Waals surface area contributed by atoms with Crippen molar-refractivity contribution in [2.24, 2.45) is 0 Å². The Morgan fingerprint density at radius 2 is 1.49 bits per heavy atom. The summed E-state index contributed by atoms with van der Waals surface area (Å²) < 4.78 is 41.0. The number of carbonyl (C=O) groups is 1. The highest BCUT2D eigenvalue weighted by molar-refractivity contribution is 6.31. The van der Waals surface area contributed by atoms with E-state index in [1.807, 2.05) is 55.5 Å². The molecule has 3 aromatic carbocycles. The topological polar surface area (TPSA) is 40.9 Å². The standard InChI is InChI=1S/C33H27Cl2F3N4O/c1-21-18-27(35)11-12-28(21)24-6-13-30-39-31(22-4-9-26(34)10-5-22)29(42(30)19-24)20-40-14-16-41(17-15-40)32(43)23-2-7-25(8-3-23)33(36,37)38/h2-13,18-19H,14-17,20H2,1H3. The fourth-order valence-electron chi connectivity index (χ4n) is 5.50. The molecule has 1 aliphatic rings. The summed E-state index contributed by atoms with van der Waals surface area (Å²) in [5.74, 6) is -0.270. The van der Waals surface area contributed by atoms with Gasteiger partial charge in [-0.15, -0.1) is 0 Å². The van der Waals surface area contributed by atoms with Crippen molar-refractivity contribution in [1.82, 2.24) is 19.2 Å². The van der Waals surface area contributed by atoms with E-state index in [2.05, 4.69) is 21.6 Å². The smallest absolute Gasteiger partial charge is 0.336 e. The van der Waals surface area contributed by atoms with Crippen molar-refractivity contribution in [3.63, 3.8) is 0 Å². The molecule has 0 spiro atoms. The van der Waals surface area contributed by atoms with E-state index in [0.29, 0.717) is 42.8 Å². The fraction of sp³-hybridized carbons (Fsp3) is 0.212. The van der Waals surface area contributed by atoms with E-state index in [1.54, 1.807) is 4.90 Å². The van der Waals surface area contributed by atoms with Gasteiger partial charge in [-0.2, -0.15) is 13.2 Å². The summed E-state index contributed by atoms with van der Waals surface area (Å²) in [6, 6.07) is 21.9. The molecule has 1 aliphatic heterocycles. The molecule has 0 bridgehead atoms. The molecule has 5 nitrogen and oxygen atoms in total. The Balaban J connectivity index is 1.26. The monoisotopic (exact) mass is 622 g/mol. The second-order valence-electron chi connectivity index (χ2n) is 10.7. The third-order valence-electron chi connectivity index (χ3n) is 7.83. The maximum Gasteiger partial charge on any atom is 0.416 e. The average molecular weight is 624 g/mol. The molecule has 0 atom stereocenters. The van der Waals surface area contributed by atoms with Gasteiger partial charge in [-0.05, 0) is 84.3 Å². The zero-order valence-electron chi connectivity index (χ0n) is 23.2. The molecule has 220 valence electrons. The summed E-state index contributed by atoms with van der Waals surface area (Å²) in [6.07, 6.45) is -2.35. The number of aryl methyl sites for hydroxylation is 1. The molecule has 3 heterocycles. The predicted octanol–water partition coefficient (Wildman–Crippen LogP) is 8.26. The molecule has 1 saturated heterocycles. The molecule has 2 aromatic heterocycles. The zero-order chi connectivity index (χ0) is 30.3. The van der Waals surface area contributed by atoms with Gasteiger partial charge in [-0.3, -0.25) is 9.69 Å². The van der Waals surface area contributed by atoms with Crippen LogP contribution in [-0.4, -0.2) is 51.3 Å². The number of fused-ring (bicyclic) bond motifs is 1. The number of pyridine rings is 1. The van der Waals surface area contributed by atoms with Gasteiger partial charge >= 0.3 is 6.18 Å². The van der Waals surface area contributed by atoms with E-state index >= 15 is 0 Å². The van der Waals surface area contributed by atoms with Crippen LogP contribution in [0.3, 0.4) is 0 Å². The van der Waals surface area contributed by atoms with Crippen molar-refractivity contribution in [3.05, 3.63) is 117 Å². The molecule has 43 heavy (non-hydrogen) atoms. The minimum atomic E-state index is -4.44. The van der Waals surface area contributed by atoms with Crippen molar-refractivity contribution < 1.29 is 18.0 Å². The van der Waals surface area contributed by atoms with E-state index in [9.17, 15) is 18.0 Å². The molecule has 6 rings (SSSR count). The normalized spacial score (nSPS) is 14.4. The predicted molar refractivity (Wildman–Crippen MR) is 163 cm³/mol. The largest absolute Gasteiger partial charge is 0.416 e. The van der Waals surface area contributed by atoms with Crippen LogP contribution in [0.15, 0.2) is 85.1 Å². The molecule has 1 amide bonds. The van der Waals surface area contributed by atoms with Crippen LogP contribution in [0.1, 0.15) is 27.2 Å². The van der Waals surface area contributed by atoms with Gasteiger partial charge in [-0.1, -0.05) is 41.4 Å². The highest BCUT2D eigenvalue weighted by Gasteiger charge is 2.31. The van der Waals surface area contributed by atoms with Gasteiger partial charge < -0.3 is 9.30 Å². The number of alkyl halides is 3. The van der Waals surface area contributed by atoms with Crippen LogP contribution in [0.2, 0.25) is 10.0 Å². The van der Waals surface area contributed by atoms with Crippen molar-refractivity contribution in [2.45, 2.75) is 19.6 Å². The number of hydrogen-bond donors (Lipinski definition) is 0. The first kappa shape index (κ1) is 29.2. The van der Waals surface area contributed by atoms with E-state index in [0.717, 1.165) is 51.4 Å². The van der Waals surface area contributed by atoms with Crippen molar-refractivity contribution in [2.75, 3.05) is 26.2 Å². The molecule has 1 fully saturated rings. The number of halogens is 5.